The molecule has 2 aromatic rings. The van der Waals surface area contributed by atoms with Crippen molar-refractivity contribution in [3.63, 3.8) is 0 Å². The summed E-state index contributed by atoms with van der Waals surface area (Å²) in [7, 11) is 0. The Labute approximate surface area is 70.0 Å². The minimum absolute atomic E-state index is 0.00620. The predicted molar refractivity (Wildman–Crippen MR) is 45.6 cm³/mol. The minimum atomic E-state index is 0.00620. The first-order valence-electron chi connectivity index (χ1n) is 3.82. The molecule has 2 heterocycles. The largest absolute Gasteiger partial charge is 0.324 e. The standard InChI is InChI=1S/C8H10N4/c1-6(9)7-4-11-12-3-2-10-5-8(7)12/h2-6H,9H2,1H3. The van der Waals surface area contributed by atoms with Gasteiger partial charge in [0.1, 0.15) is 0 Å². The molecule has 2 rings (SSSR count). The summed E-state index contributed by atoms with van der Waals surface area (Å²) in [6.45, 7) is 1.93. The number of nitrogens with zero attached hydrogens (tertiary/aromatic N) is 3. The molecule has 0 spiro atoms. The molecule has 2 N–H and O–H groups in total. The molecular formula is C8H10N4. The molecule has 0 radical (unpaired) electrons. The lowest BCUT2D eigenvalue weighted by atomic mass is 10.2. The molecule has 0 aliphatic carbocycles. The number of aromatic nitrogens is 3. The van der Waals surface area contributed by atoms with E-state index in [0.29, 0.717) is 0 Å². The van der Waals surface area contributed by atoms with Gasteiger partial charge in [0.2, 0.25) is 0 Å². The third-order valence-electron chi connectivity index (χ3n) is 1.85. The summed E-state index contributed by atoms with van der Waals surface area (Å²) in [5.41, 5.74) is 7.75. The highest BCUT2D eigenvalue weighted by Crippen LogP contribution is 2.14. The van der Waals surface area contributed by atoms with Gasteiger partial charge in [-0.25, -0.2) is 4.52 Å². The Kier molecular flexibility index (Phi) is 1.55. The van der Waals surface area contributed by atoms with Gasteiger partial charge in [0.25, 0.3) is 0 Å². The number of hydrogen-bond donors (Lipinski definition) is 1. The Hall–Kier alpha value is -1.42. The van der Waals surface area contributed by atoms with Crippen LogP contribution < -0.4 is 5.73 Å². The number of rotatable bonds is 1. The van der Waals surface area contributed by atoms with E-state index in [1.165, 1.54) is 0 Å². The molecule has 62 valence electrons. The van der Waals surface area contributed by atoms with Crippen molar-refractivity contribution < 1.29 is 0 Å². The third kappa shape index (κ3) is 0.967. The van der Waals surface area contributed by atoms with E-state index >= 15 is 0 Å². The SMILES string of the molecule is CC(N)c1cnn2ccncc12. The second-order valence-electron chi connectivity index (χ2n) is 2.79. The van der Waals surface area contributed by atoms with Gasteiger partial charge in [0.15, 0.2) is 0 Å². The molecule has 0 aliphatic heterocycles. The van der Waals surface area contributed by atoms with Crippen molar-refractivity contribution in [1.82, 2.24) is 14.6 Å². The highest BCUT2D eigenvalue weighted by atomic mass is 15.2. The maximum Gasteiger partial charge on any atom is 0.0892 e. The Balaban J connectivity index is 2.70. The van der Waals surface area contributed by atoms with Crippen molar-refractivity contribution in [2.75, 3.05) is 0 Å². The molecule has 4 nitrogen and oxygen atoms in total. The Morgan fingerprint density at radius 1 is 1.50 bits per heavy atom. The van der Waals surface area contributed by atoms with Crippen LogP contribution in [-0.4, -0.2) is 14.6 Å². The van der Waals surface area contributed by atoms with Gasteiger partial charge < -0.3 is 5.73 Å². The highest BCUT2D eigenvalue weighted by molar-refractivity contribution is 5.52. The van der Waals surface area contributed by atoms with Gasteiger partial charge in [-0.15, -0.1) is 0 Å². The molecule has 0 amide bonds. The molecule has 0 saturated heterocycles. The van der Waals surface area contributed by atoms with Crippen molar-refractivity contribution in [2.45, 2.75) is 13.0 Å². The fourth-order valence-corrected chi connectivity index (χ4v) is 1.20. The average molecular weight is 162 g/mol. The van der Waals surface area contributed by atoms with Gasteiger partial charge in [0.05, 0.1) is 17.9 Å². The van der Waals surface area contributed by atoms with Crippen molar-refractivity contribution in [3.05, 3.63) is 30.4 Å². The van der Waals surface area contributed by atoms with Crippen LogP contribution in [0.5, 0.6) is 0 Å². The van der Waals surface area contributed by atoms with E-state index in [1.807, 2.05) is 6.92 Å². The summed E-state index contributed by atoms with van der Waals surface area (Å²) in [4.78, 5) is 4.01. The maximum absolute atomic E-state index is 5.74. The first-order valence-corrected chi connectivity index (χ1v) is 3.82. The maximum atomic E-state index is 5.74. The van der Waals surface area contributed by atoms with Crippen LogP contribution in [0.3, 0.4) is 0 Å². The molecule has 0 fully saturated rings. The molecule has 0 aromatic carbocycles. The molecule has 12 heavy (non-hydrogen) atoms. The molecular weight excluding hydrogens is 152 g/mol. The molecule has 4 heteroatoms. The normalized spacial score (nSPS) is 13.5. The van der Waals surface area contributed by atoms with Crippen LogP contribution >= 0.6 is 0 Å². The lowest BCUT2D eigenvalue weighted by Gasteiger charge is -2.00. The van der Waals surface area contributed by atoms with Crippen LogP contribution in [0.25, 0.3) is 5.52 Å². The second kappa shape index (κ2) is 2.57. The first-order chi connectivity index (χ1) is 5.79. The first kappa shape index (κ1) is 7.24. The van der Waals surface area contributed by atoms with E-state index in [1.54, 1.807) is 29.3 Å². The second-order valence-corrected chi connectivity index (χ2v) is 2.79. The van der Waals surface area contributed by atoms with E-state index in [4.69, 9.17) is 5.73 Å². The molecule has 0 saturated carbocycles. The minimum Gasteiger partial charge on any atom is -0.324 e. The Bertz CT molecular complexity index is 391. The highest BCUT2D eigenvalue weighted by Gasteiger charge is 2.06. The third-order valence-corrected chi connectivity index (χ3v) is 1.85. The van der Waals surface area contributed by atoms with E-state index in [0.717, 1.165) is 11.1 Å². The van der Waals surface area contributed by atoms with Crippen molar-refractivity contribution in [1.29, 1.82) is 0 Å². The van der Waals surface area contributed by atoms with Gasteiger partial charge in [-0.1, -0.05) is 0 Å². The van der Waals surface area contributed by atoms with Gasteiger partial charge in [-0.3, -0.25) is 4.98 Å². The molecule has 1 atom stereocenters. The number of hydrogen-bond acceptors (Lipinski definition) is 3. The zero-order valence-corrected chi connectivity index (χ0v) is 6.81. The fraction of sp³-hybridized carbons (Fsp3) is 0.250. The summed E-state index contributed by atoms with van der Waals surface area (Å²) in [5.74, 6) is 0. The quantitative estimate of drug-likeness (QED) is 0.673. The van der Waals surface area contributed by atoms with Crippen molar-refractivity contribution in [3.8, 4) is 0 Å². The summed E-state index contributed by atoms with van der Waals surface area (Å²) >= 11 is 0. The molecule has 2 aromatic heterocycles. The number of fused-ring (bicyclic) bond motifs is 1. The van der Waals surface area contributed by atoms with E-state index in [-0.39, 0.29) is 6.04 Å². The van der Waals surface area contributed by atoms with Gasteiger partial charge in [-0.05, 0) is 6.92 Å². The zero-order valence-electron chi connectivity index (χ0n) is 6.81. The van der Waals surface area contributed by atoms with Gasteiger partial charge in [0, 0.05) is 24.0 Å². The average Bonchev–Trinajstić information content (AvgIpc) is 2.47. The topological polar surface area (TPSA) is 56.2 Å². The van der Waals surface area contributed by atoms with E-state index in [2.05, 4.69) is 10.1 Å². The fourth-order valence-electron chi connectivity index (χ4n) is 1.20. The summed E-state index contributed by atoms with van der Waals surface area (Å²) < 4.78 is 1.77. The predicted octanol–water partition coefficient (Wildman–Crippen LogP) is 0.749. The van der Waals surface area contributed by atoms with Crippen LogP contribution in [0.15, 0.2) is 24.8 Å². The lowest BCUT2D eigenvalue weighted by molar-refractivity contribution is 0.825. The van der Waals surface area contributed by atoms with E-state index in [9.17, 15) is 0 Å². The summed E-state index contributed by atoms with van der Waals surface area (Å²) in [5, 5.41) is 4.14. The van der Waals surface area contributed by atoms with E-state index < -0.39 is 0 Å². The monoisotopic (exact) mass is 162 g/mol. The molecule has 0 aliphatic rings. The van der Waals surface area contributed by atoms with Crippen molar-refractivity contribution >= 4 is 5.52 Å². The lowest BCUT2D eigenvalue weighted by Crippen LogP contribution is -2.04. The number of nitrogens with two attached hydrogens (primary N) is 1. The Morgan fingerprint density at radius 2 is 2.33 bits per heavy atom. The van der Waals surface area contributed by atoms with Crippen LogP contribution in [0.4, 0.5) is 0 Å². The molecule has 0 bridgehead atoms. The molecule has 1 unspecified atom stereocenters. The van der Waals surface area contributed by atoms with Crippen LogP contribution in [0.1, 0.15) is 18.5 Å². The van der Waals surface area contributed by atoms with Crippen LogP contribution in [0, 0.1) is 0 Å². The summed E-state index contributed by atoms with van der Waals surface area (Å²) in [6, 6.07) is 0.00620. The smallest absolute Gasteiger partial charge is 0.0892 e. The Morgan fingerprint density at radius 3 is 3.08 bits per heavy atom. The summed E-state index contributed by atoms with van der Waals surface area (Å²) in [6.07, 6.45) is 7.06. The zero-order chi connectivity index (χ0) is 8.55. The van der Waals surface area contributed by atoms with Crippen LogP contribution in [0.2, 0.25) is 0 Å². The van der Waals surface area contributed by atoms with Crippen LogP contribution in [-0.2, 0) is 0 Å². The van der Waals surface area contributed by atoms with Gasteiger partial charge >= 0.3 is 0 Å². The van der Waals surface area contributed by atoms with Gasteiger partial charge in [-0.2, -0.15) is 5.10 Å². The van der Waals surface area contributed by atoms with Crippen molar-refractivity contribution in [2.24, 2.45) is 5.73 Å².